The molecule has 0 saturated carbocycles. The second-order valence-electron chi connectivity index (χ2n) is 7.03. The van der Waals surface area contributed by atoms with Gasteiger partial charge in [0.05, 0.1) is 6.61 Å². The fourth-order valence-corrected chi connectivity index (χ4v) is 4.19. The van der Waals surface area contributed by atoms with Gasteiger partial charge in [0.25, 0.3) is 5.91 Å². The Morgan fingerprint density at radius 2 is 2.20 bits per heavy atom. The van der Waals surface area contributed by atoms with Gasteiger partial charge in [-0.2, -0.15) is 8.78 Å². The number of amides is 1. The van der Waals surface area contributed by atoms with Gasteiger partial charge in [0.15, 0.2) is 0 Å². The van der Waals surface area contributed by atoms with Gasteiger partial charge in [-0.3, -0.25) is 4.79 Å². The van der Waals surface area contributed by atoms with E-state index in [1.54, 1.807) is 17.0 Å². The molecule has 2 saturated heterocycles. The number of carbonyl (C=O) groups is 1. The Bertz CT molecular complexity index is 628. The van der Waals surface area contributed by atoms with Crippen molar-refractivity contribution in [2.24, 2.45) is 5.41 Å². The van der Waals surface area contributed by atoms with Crippen LogP contribution in [-0.4, -0.2) is 66.8 Å². The van der Waals surface area contributed by atoms with Crippen LogP contribution in [0.15, 0.2) is 24.3 Å². The predicted octanol–water partition coefficient (Wildman–Crippen LogP) is 2.21. The number of alkyl halides is 2. The lowest BCUT2D eigenvalue weighted by Crippen LogP contribution is -2.62. The first kappa shape index (κ1) is 18.1. The molecule has 138 valence electrons. The van der Waals surface area contributed by atoms with Gasteiger partial charge in [-0.25, -0.2) is 0 Å². The molecular weight excluding hydrogens is 330 g/mol. The minimum atomic E-state index is -2.92. The van der Waals surface area contributed by atoms with E-state index in [0.717, 1.165) is 25.8 Å². The van der Waals surface area contributed by atoms with Gasteiger partial charge in [0, 0.05) is 30.1 Å². The third-order valence-electron chi connectivity index (χ3n) is 5.61. The van der Waals surface area contributed by atoms with Crippen LogP contribution >= 0.6 is 0 Å². The molecule has 2 fully saturated rings. The number of piperidine rings is 2. The van der Waals surface area contributed by atoms with Crippen LogP contribution in [0.25, 0.3) is 0 Å². The number of halogens is 2. The highest BCUT2D eigenvalue weighted by atomic mass is 19.3. The number of hydrogen-bond donors (Lipinski definition) is 1. The number of hydrogen-bond acceptors (Lipinski definition) is 4. The molecule has 7 heteroatoms. The standard InChI is InChI=1S/C18H24F2N2O3/c1-21-8-3-6-18(12-23)7-9-22(11-15(18)21)16(24)13-4-2-5-14(10-13)25-17(19)20/h2,4-5,10,15,17,23H,3,6-9,11-12H2,1H3/t15-,18-/m1/s1. The van der Waals surface area contributed by atoms with E-state index in [-0.39, 0.29) is 29.7 Å². The van der Waals surface area contributed by atoms with Crippen LogP contribution in [-0.2, 0) is 0 Å². The largest absolute Gasteiger partial charge is 0.435 e. The Morgan fingerprint density at radius 3 is 2.92 bits per heavy atom. The molecular formula is C18H24F2N2O3. The highest BCUT2D eigenvalue weighted by molar-refractivity contribution is 5.94. The van der Waals surface area contributed by atoms with Gasteiger partial charge >= 0.3 is 6.61 Å². The molecule has 2 aliphatic heterocycles. The SMILES string of the molecule is CN1CCC[C@]2(CO)CCN(C(=O)c3cccc(OC(F)F)c3)C[C@@H]12. The van der Waals surface area contributed by atoms with Crippen molar-refractivity contribution in [1.29, 1.82) is 0 Å². The zero-order valence-electron chi connectivity index (χ0n) is 14.3. The Morgan fingerprint density at radius 1 is 1.40 bits per heavy atom. The number of fused-ring (bicyclic) bond motifs is 1. The number of aliphatic hydroxyl groups excluding tert-OH is 1. The van der Waals surface area contributed by atoms with E-state index in [2.05, 4.69) is 9.64 Å². The maximum atomic E-state index is 12.8. The van der Waals surface area contributed by atoms with Gasteiger partial charge < -0.3 is 19.6 Å². The number of likely N-dealkylation sites (tertiary alicyclic amines) is 2. The van der Waals surface area contributed by atoms with Crippen molar-refractivity contribution in [3.05, 3.63) is 29.8 Å². The van der Waals surface area contributed by atoms with Gasteiger partial charge in [-0.15, -0.1) is 0 Å². The van der Waals surface area contributed by atoms with Crippen LogP contribution in [0.1, 0.15) is 29.6 Å². The first-order chi connectivity index (χ1) is 11.9. The third-order valence-corrected chi connectivity index (χ3v) is 5.61. The van der Waals surface area contributed by atoms with Gasteiger partial charge in [0.1, 0.15) is 5.75 Å². The summed E-state index contributed by atoms with van der Waals surface area (Å²) in [6, 6.07) is 6.03. The fraction of sp³-hybridized carbons (Fsp3) is 0.611. The monoisotopic (exact) mass is 354 g/mol. The van der Waals surface area contributed by atoms with Crippen LogP contribution < -0.4 is 4.74 Å². The summed E-state index contributed by atoms with van der Waals surface area (Å²) in [5, 5.41) is 9.94. The molecule has 1 aromatic rings. The summed E-state index contributed by atoms with van der Waals surface area (Å²) >= 11 is 0. The maximum absolute atomic E-state index is 12.8. The van der Waals surface area contributed by atoms with Gasteiger partial charge in [0.2, 0.25) is 0 Å². The van der Waals surface area contributed by atoms with Crippen molar-refractivity contribution >= 4 is 5.91 Å². The number of ether oxygens (including phenoxy) is 1. The number of rotatable bonds is 4. The maximum Gasteiger partial charge on any atom is 0.387 e. The lowest BCUT2D eigenvalue weighted by molar-refractivity contribution is -0.0602. The van der Waals surface area contributed by atoms with Crippen LogP contribution in [0.4, 0.5) is 8.78 Å². The minimum absolute atomic E-state index is 0.0163. The molecule has 1 aromatic carbocycles. The molecule has 2 heterocycles. The Labute approximate surface area is 146 Å². The van der Waals surface area contributed by atoms with E-state index in [1.165, 1.54) is 12.1 Å². The second kappa shape index (κ2) is 7.25. The van der Waals surface area contributed by atoms with Gasteiger partial charge in [-0.05, 0) is 51.1 Å². The first-order valence-corrected chi connectivity index (χ1v) is 8.60. The number of aliphatic hydroxyl groups is 1. The molecule has 1 amide bonds. The summed E-state index contributed by atoms with van der Waals surface area (Å²) in [4.78, 5) is 16.8. The molecule has 2 aliphatic rings. The van der Waals surface area contributed by atoms with Crippen LogP contribution in [0.3, 0.4) is 0 Å². The highest BCUT2D eigenvalue weighted by Crippen LogP contribution is 2.41. The van der Waals surface area contributed by atoms with Crippen molar-refractivity contribution in [2.45, 2.75) is 31.9 Å². The minimum Gasteiger partial charge on any atom is -0.435 e. The molecule has 0 radical (unpaired) electrons. The van der Waals surface area contributed by atoms with E-state index >= 15 is 0 Å². The average molecular weight is 354 g/mol. The fourth-order valence-electron chi connectivity index (χ4n) is 4.19. The molecule has 0 spiro atoms. The smallest absolute Gasteiger partial charge is 0.387 e. The quantitative estimate of drug-likeness (QED) is 0.901. The molecule has 5 nitrogen and oxygen atoms in total. The number of nitrogens with zero attached hydrogens (tertiary/aromatic N) is 2. The second-order valence-corrected chi connectivity index (χ2v) is 7.03. The zero-order chi connectivity index (χ0) is 18.0. The van der Waals surface area contributed by atoms with Crippen molar-refractivity contribution < 1.29 is 23.4 Å². The van der Waals surface area contributed by atoms with E-state index in [0.29, 0.717) is 18.7 Å². The van der Waals surface area contributed by atoms with E-state index in [9.17, 15) is 18.7 Å². The van der Waals surface area contributed by atoms with Crippen molar-refractivity contribution in [3.8, 4) is 5.75 Å². The highest BCUT2D eigenvalue weighted by Gasteiger charge is 2.47. The molecule has 0 aliphatic carbocycles. The van der Waals surface area contributed by atoms with E-state index in [1.807, 2.05) is 7.05 Å². The Hall–Kier alpha value is -1.73. The summed E-state index contributed by atoms with van der Waals surface area (Å²) in [6.45, 7) is -0.741. The topological polar surface area (TPSA) is 53.0 Å². The molecule has 25 heavy (non-hydrogen) atoms. The Balaban J connectivity index is 1.75. The summed E-state index contributed by atoms with van der Waals surface area (Å²) in [7, 11) is 2.03. The summed E-state index contributed by atoms with van der Waals surface area (Å²) < 4.78 is 29.1. The molecule has 0 aromatic heterocycles. The first-order valence-electron chi connectivity index (χ1n) is 8.60. The normalized spacial score (nSPS) is 27.2. The predicted molar refractivity (Wildman–Crippen MR) is 88.8 cm³/mol. The zero-order valence-corrected chi connectivity index (χ0v) is 14.3. The summed E-state index contributed by atoms with van der Waals surface area (Å²) in [5.74, 6) is -0.206. The number of carbonyl (C=O) groups excluding carboxylic acids is 1. The lowest BCUT2D eigenvalue weighted by atomic mass is 9.69. The van der Waals surface area contributed by atoms with E-state index < -0.39 is 6.61 Å². The molecule has 2 atom stereocenters. The van der Waals surface area contributed by atoms with Crippen LogP contribution in [0.5, 0.6) is 5.75 Å². The van der Waals surface area contributed by atoms with E-state index in [4.69, 9.17) is 0 Å². The summed E-state index contributed by atoms with van der Waals surface area (Å²) in [5.41, 5.74) is 0.192. The summed E-state index contributed by atoms with van der Waals surface area (Å²) in [6.07, 6.45) is 2.77. The lowest BCUT2D eigenvalue weighted by Gasteiger charge is -2.53. The third kappa shape index (κ3) is 3.62. The molecule has 1 N–H and O–H groups in total. The average Bonchev–Trinajstić information content (AvgIpc) is 2.61. The van der Waals surface area contributed by atoms with Crippen molar-refractivity contribution in [1.82, 2.24) is 9.80 Å². The number of likely N-dealkylation sites (N-methyl/N-ethyl adjacent to an activating group) is 1. The Kier molecular flexibility index (Phi) is 5.24. The van der Waals surface area contributed by atoms with Crippen molar-refractivity contribution in [2.75, 3.05) is 33.3 Å². The molecule has 0 bridgehead atoms. The molecule has 0 unspecified atom stereocenters. The number of benzene rings is 1. The van der Waals surface area contributed by atoms with Gasteiger partial charge in [-0.1, -0.05) is 6.07 Å². The molecule has 3 rings (SSSR count). The van der Waals surface area contributed by atoms with Crippen LogP contribution in [0.2, 0.25) is 0 Å². The van der Waals surface area contributed by atoms with Crippen molar-refractivity contribution in [3.63, 3.8) is 0 Å². The van der Waals surface area contributed by atoms with Crippen LogP contribution in [0, 0.1) is 5.41 Å².